The third-order valence-corrected chi connectivity index (χ3v) is 4.34. The summed E-state index contributed by atoms with van der Waals surface area (Å²) < 4.78 is 0. The fraction of sp³-hybridized carbons (Fsp3) is 0.375. The molecule has 0 saturated heterocycles. The zero-order chi connectivity index (χ0) is 15.2. The lowest BCUT2D eigenvalue weighted by Crippen LogP contribution is -2.33. The van der Waals surface area contributed by atoms with Gasteiger partial charge in [-0.05, 0) is 25.8 Å². The minimum atomic E-state index is -0.106. The van der Waals surface area contributed by atoms with Gasteiger partial charge < -0.3 is 10.4 Å². The third kappa shape index (κ3) is 4.37. The number of benzene rings is 1. The molecule has 1 aromatic carbocycles. The van der Waals surface area contributed by atoms with Gasteiger partial charge in [0, 0.05) is 19.1 Å². The van der Waals surface area contributed by atoms with Crippen LogP contribution in [0.25, 0.3) is 0 Å². The quantitative estimate of drug-likeness (QED) is 0.862. The molecule has 21 heavy (non-hydrogen) atoms. The number of rotatable bonds is 6. The Hall–Kier alpha value is -1.72. The normalized spacial score (nSPS) is 12.1. The van der Waals surface area contributed by atoms with E-state index in [-0.39, 0.29) is 18.6 Å². The Labute approximate surface area is 128 Å². The first-order chi connectivity index (χ1) is 10.1. The van der Waals surface area contributed by atoms with E-state index in [4.69, 9.17) is 5.11 Å². The van der Waals surface area contributed by atoms with Crippen LogP contribution in [0.5, 0.6) is 0 Å². The molecular formula is C16H20N2O2S. The summed E-state index contributed by atoms with van der Waals surface area (Å²) in [5, 5.41) is 12.7. The Balaban J connectivity index is 2.06. The first kappa shape index (κ1) is 15.7. The molecule has 0 aliphatic carbocycles. The molecule has 0 aliphatic rings. The zero-order valence-electron chi connectivity index (χ0n) is 12.3. The Morgan fingerprint density at radius 1 is 1.38 bits per heavy atom. The number of aryl methyl sites for hydroxylation is 1. The molecule has 0 saturated carbocycles. The molecule has 1 amide bonds. The SMILES string of the molecule is Cc1nc(Cc2ccccc2)sc1C(=O)N[C@H](C)CCO. The fourth-order valence-corrected chi connectivity index (χ4v) is 3.07. The summed E-state index contributed by atoms with van der Waals surface area (Å²) in [6.45, 7) is 3.81. The van der Waals surface area contributed by atoms with Crippen molar-refractivity contribution in [2.45, 2.75) is 32.7 Å². The fourth-order valence-electron chi connectivity index (χ4n) is 2.06. The molecule has 0 aliphatic heterocycles. The van der Waals surface area contributed by atoms with Crippen LogP contribution in [-0.4, -0.2) is 28.6 Å². The topological polar surface area (TPSA) is 62.2 Å². The van der Waals surface area contributed by atoms with Crippen LogP contribution in [0.4, 0.5) is 0 Å². The van der Waals surface area contributed by atoms with Crippen molar-refractivity contribution in [1.82, 2.24) is 10.3 Å². The number of nitrogens with zero attached hydrogens (tertiary/aromatic N) is 1. The van der Waals surface area contributed by atoms with E-state index >= 15 is 0 Å². The number of amides is 1. The van der Waals surface area contributed by atoms with Crippen molar-refractivity contribution >= 4 is 17.2 Å². The smallest absolute Gasteiger partial charge is 0.263 e. The number of hydrogen-bond acceptors (Lipinski definition) is 4. The molecule has 0 spiro atoms. The van der Waals surface area contributed by atoms with E-state index < -0.39 is 0 Å². The zero-order valence-corrected chi connectivity index (χ0v) is 13.1. The summed E-state index contributed by atoms with van der Waals surface area (Å²) in [6, 6.07) is 10.1. The van der Waals surface area contributed by atoms with Crippen molar-refractivity contribution in [2.24, 2.45) is 0 Å². The first-order valence-corrected chi connectivity index (χ1v) is 7.83. The van der Waals surface area contributed by atoms with Crippen molar-refractivity contribution < 1.29 is 9.90 Å². The van der Waals surface area contributed by atoms with Crippen molar-refractivity contribution in [3.05, 3.63) is 51.5 Å². The lowest BCUT2D eigenvalue weighted by atomic mass is 10.2. The van der Waals surface area contributed by atoms with Gasteiger partial charge in [-0.25, -0.2) is 4.98 Å². The highest BCUT2D eigenvalue weighted by Gasteiger charge is 2.17. The van der Waals surface area contributed by atoms with Gasteiger partial charge in [-0.3, -0.25) is 4.79 Å². The molecule has 4 nitrogen and oxygen atoms in total. The number of carbonyl (C=O) groups is 1. The van der Waals surface area contributed by atoms with Gasteiger partial charge in [-0.2, -0.15) is 0 Å². The largest absolute Gasteiger partial charge is 0.396 e. The minimum Gasteiger partial charge on any atom is -0.396 e. The van der Waals surface area contributed by atoms with Gasteiger partial charge in [0.15, 0.2) is 0 Å². The highest BCUT2D eigenvalue weighted by Crippen LogP contribution is 2.21. The molecule has 2 aromatic rings. The van der Waals surface area contributed by atoms with Gasteiger partial charge in [-0.1, -0.05) is 30.3 Å². The van der Waals surface area contributed by atoms with Gasteiger partial charge in [0.05, 0.1) is 10.7 Å². The molecule has 0 radical (unpaired) electrons. The van der Waals surface area contributed by atoms with Crippen LogP contribution >= 0.6 is 11.3 Å². The van der Waals surface area contributed by atoms with Crippen molar-refractivity contribution in [3.63, 3.8) is 0 Å². The highest BCUT2D eigenvalue weighted by molar-refractivity contribution is 7.13. The minimum absolute atomic E-state index is 0.0402. The Kier molecular flexibility index (Phi) is 5.47. The van der Waals surface area contributed by atoms with Gasteiger partial charge in [0.1, 0.15) is 4.88 Å². The monoisotopic (exact) mass is 304 g/mol. The van der Waals surface area contributed by atoms with E-state index in [9.17, 15) is 4.79 Å². The molecule has 2 N–H and O–H groups in total. The van der Waals surface area contributed by atoms with Crippen molar-refractivity contribution in [2.75, 3.05) is 6.61 Å². The summed E-state index contributed by atoms with van der Waals surface area (Å²) in [7, 11) is 0. The van der Waals surface area contributed by atoms with E-state index in [2.05, 4.69) is 22.4 Å². The van der Waals surface area contributed by atoms with Crippen LogP contribution < -0.4 is 5.32 Å². The number of carbonyl (C=O) groups excluding carboxylic acids is 1. The summed E-state index contributed by atoms with van der Waals surface area (Å²) in [5.74, 6) is -0.106. The highest BCUT2D eigenvalue weighted by atomic mass is 32.1. The van der Waals surface area contributed by atoms with E-state index in [0.29, 0.717) is 11.3 Å². The van der Waals surface area contributed by atoms with Crippen LogP contribution in [0.15, 0.2) is 30.3 Å². The maximum absolute atomic E-state index is 12.2. The van der Waals surface area contributed by atoms with Crippen LogP contribution in [0.3, 0.4) is 0 Å². The van der Waals surface area contributed by atoms with Crippen molar-refractivity contribution in [3.8, 4) is 0 Å². The molecule has 112 valence electrons. The molecule has 0 fully saturated rings. The lowest BCUT2D eigenvalue weighted by molar-refractivity contribution is 0.0937. The summed E-state index contributed by atoms with van der Waals surface area (Å²) >= 11 is 1.44. The Morgan fingerprint density at radius 3 is 2.76 bits per heavy atom. The first-order valence-electron chi connectivity index (χ1n) is 7.02. The van der Waals surface area contributed by atoms with E-state index in [0.717, 1.165) is 17.1 Å². The van der Waals surface area contributed by atoms with Gasteiger partial charge >= 0.3 is 0 Å². The van der Waals surface area contributed by atoms with Crippen LogP contribution in [0.2, 0.25) is 0 Å². The standard InChI is InChI=1S/C16H20N2O2S/c1-11(8-9-19)17-16(20)15-12(2)18-14(21-15)10-13-6-4-3-5-7-13/h3-7,11,19H,8-10H2,1-2H3,(H,17,20)/t11-/m1/s1. The van der Waals surface area contributed by atoms with Crippen LogP contribution in [0.1, 0.15) is 39.3 Å². The maximum atomic E-state index is 12.2. The predicted octanol–water partition coefficient (Wildman–Crippen LogP) is 2.54. The molecule has 5 heteroatoms. The second-order valence-corrected chi connectivity index (χ2v) is 6.15. The Bertz CT molecular complexity index is 596. The maximum Gasteiger partial charge on any atom is 0.263 e. The molecule has 0 unspecified atom stereocenters. The average Bonchev–Trinajstić information content (AvgIpc) is 2.81. The van der Waals surface area contributed by atoms with Crippen LogP contribution in [0, 0.1) is 6.92 Å². The number of nitrogens with one attached hydrogen (secondary N) is 1. The molecule has 2 rings (SSSR count). The summed E-state index contributed by atoms with van der Waals surface area (Å²) in [5.41, 5.74) is 1.95. The molecule has 1 atom stereocenters. The third-order valence-electron chi connectivity index (χ3n) is 3.18. The molecular weight excluding hydrogens is 284 g/mol. The average molecular weight is 304 g/mol. The molecule has 0 bridgehead atoms. The van der Waals surface area contributed by atoms with E-state index in [1.165, 1.54) is 16.9 Å². The molecule has 1 aromatic heterocycles. The van der Waals surface area contributed by atoms with Gasteiger partial charge in [0.2, 0.25) is 0 Å². The van der Waals surface area contributed by atoms with E-state index in [1.807, 2.05) is 32.0 Å². The number of aromatic nitrogens is 1. The second-order valence-electron chi connectivity index (χ2n) is 5.07. The van der Waals surface area contributed by atoms with E-state index in [1.54, 1.807) is 0 Å². The lowest BCUT2D eigenvalue weighted by Gasteiger charge is -2.11. The summed E-state index contributed by atoms with van der Waals surface area (Å²) in [4.78, 5) is 17.3. The van der Waals surface area contributed by atoms with Crippen molar-refractivity contribution in [1.29, 1.82) is 0 Å². The number of aliphatic hydroxyl groups excluding tert-OH is 1. The Morgan fingerprint density at radius 2 is 2.10 bits per heavy atom. The number of aliphatic hydroxyl groups is 1. The number of hydrogen-bond donors (Lipinski definition) is 2. The number of thiazole rings is 1. The summed E-state index contributed by atoms with van der Waals surface area (Å²) in [6.07, 6.45) is 1.30. The van der Waals surface area contributed by atoms with Gasteiger partial charge in [-0.15, -0.1) is 11.3 Å². The van der Waals surface area contributed by atoms with Crippen LogP contribution in [-0.2, 0) is 6.42 Å². The second kappa shape index (κ2) is 7.33. The van der Waals surface area contributed by atoms with Gasteiger partial charge in [0.25, 0.3) is 5.91 Å². The predicted molar refractivity (Wildman–Crippen MR) is 84.7 cm³/mol. The molecule has 1 heterocycles.